The normalized spacial score (nSPS) is 15.0. The summed E-state index contributed by atoms with van der Waals surface area (Å²) >= 11 is 2.79. The molecule has 1 atom stereocenters. The number of nitrogens with zero attached hydrogens (tertiary/aromatic N) is 3. The second kappa shape index (κ2) is 10.6. The first kappa shape index (κ1) is 24.3. The Morgan fingerprint density at radius 1 is 1.26 bits per heavy atom. The zero-order valence-corrected chi connectivity index (χ0v) is 21.3. The highest BCUT2D eigenvalue weighted by Crippen LogP contribution is 2.40. The molecule has 34 heavy (non-hydrogen) atoms. The molecular weight excluding hydrogens is 472 g/mol. The minimum Gasteiger partial charge on any atom is -0.497 e. The largest absolute Gasteiger partial charge is 0.497 e. The number of ether oxygens (including phenoxy) is 2. The Bertz CT molecular complexity index is 1190. The Morgan fingerprint density at radius 3 is 2.74 bits per heavy atom. The van der Waals surface area contributed by atoms with Crippen molar-refractivity contribution in [3.63, 3.8) is 0 Å². The average molecular weight is 501 g/mol. The second-order valence-corrected chi connectivity index (χ2v) is 10.3. The number of esters is 1. The summed E-state index contributed by atoms with van der Waals surface area (Å²) < 4.78 is 12.3. The SMILES string of the molecule is CCOC(=O)c1c(NC(=O)CSc2nnc(-c3ccc(OC)cc3)n2C)sc2c1CCC(C)C2. The molecule has 2 aromatic heterocycles. The van der Waals surface area contributed by atoms with Gasteiger partial charge in [-0.1, -0.05) is 18.7 Å². The molecule has 0 bridgehead atoms. The number of rotatable bonds is 8. The van der Waals surface area contributed by atoms with Crippen LogP contribution in [0, 0.1) is 5.92 Å². The van der Waals surface area contributed by atoms with E-state index in [1.54, 1.807) is 14.0 Å². The lowest BCUT2D eigenvalue weighted by Crippen LogP contribution is -2.18. The van der Waals surface area contributed by atoms with Crippen molar-refractivity contribution in [1.82, 2.24) is 14.8 Å². The van der Waals surface area contributed by atoms with E-state index in [9.17, 15) is 9.59 Å². The monoisotopic (exact) mass is 500 g/mol. The molecule has 180 valence electrons. The molecule has 0 fully saturated rings. The van der Waals surface area contributed by atoms with E-state index in [-0.39, 0.29) is 17.6 Å². The fraction of sp³-hybridized carbons (Fsp3) is 0.417. The number of carbonyl (C=O) groups is 2. The number of benzene rings is 1. The first-order chi connectivity index (χ1) is 16.4. The molecule has 1 N–H and O–H groups in total. The Kier molecular flexibility index (Phi) is 7.57. The summed E-state index contributed by atoms with van der Waals surface area (Å²) in [6.45, 7) is 4.29. The van der Waals surface area contributed by atoms with Crippen LogP contribution in [0.1, 0.15) is 41.1 Å². The first-order valence-electron chi connectivity index (χ1n) is 11.2. The minimum atomic E-state index is -0.366. The molecule has 10 heteroatoms. The van der Waals surface area contributed by atoms with E-state index < -0.39 is 0 Å². The van der Waals surface area contributed by atoms with Gasteiger partial charge in [-0.05, 0) is 61.9 Å². The molecule has 8 nitrogen and oxygen atoms in total. The molecule has 0 aliphatic heterocycles. The number of aromatic nitrogens is 3. The van der Waals surface area contributed by atoms with Gasteiger partial charge in [0.2, 0.25) is 5.91 Å². The van der Waals surface area contributed by atoms with Gasteiger partial charge in [-0.2, -0.15) is 0 Å². The summed E-state index contributed by atoms with van der Waals surface area (Å²) in [5.74, 6) is 1.62. The number of carbonyl (C=O) groups excluding carboxylic acids is 2. The van der Waals surface area contributed by atoms with Crippen LogP contribution in [-0.2, 0) is 29.4 Å². The molecule has 4 rings (SSSR count). The van der Waals surface area contributed by atoms with Gasteiger partial charge in [0.1, 0.15) is 10.8 Å². The lowest BCUT2D eigenvalue weighted by atomic mass is 9.88. The molecule has 3 aromatic rings. The summed E-state index contributed by atoms with van der Waals surface area (Å²) in [6.07, 6.45) is 2.78. The smallest absolute Gasteiger partial charge is 0.341 e. The van der Waals surface area contributed by atoms with Gasteiger partial charge in [0.15, 0.2) is 11.0 Å². The molecule has 0 saturated carbocycles. The molecule has 1 aromatic carbocycles. The molecule has 1 unspecified atom stereocenters. The summed E-state index contributed by atoms with van der Waals surface area (Å²) in [5.41, 5.74) is 2.46. The predicted molar refractivity (Wildman–Crippen MR) is 134 cm³/mol. The van der Waals surface area contributed by atoms with E-state index in [0.29, 0.717) is 34.1 Å². The van der Waals surface area contributed by atoms with Crippen molar-refractivity contribution < 1.29 is 19.1 Å². The number of methoxy groups -OCH3 is 1. The third kappa shape index (κ3) is 5.12. The van der Waals surface area contributed by atoms with Gasteiger partial charge in [0.25, 0.3) is 0 Å². The van der Waals surface area contributed by atoms with Crippen LogP contribution < -0.4 is 10.1 Å². The van der Waals surface area contributed by atoms with Gasteiger partial charge in [0.05, 0.1) is 25.0 Å². The number of hydrogen-bond acceptors (Lipinski definition) is 8. The zero-order chi connectivity index (χ0) is 24.2. The van der Waals surface area contributed by atoms with Crippen LogP contribution in [0.3, 0.4) is 0 Å². The van der Waals surface area contributed by atoms with Crippen molar-refractivity contribution in [2.75, 3.05) is 24.8 Å². The number of amides is 1. The third-order valence-electron chi connectivity index (χ3n) is 5.76. The fourth-order valence-electron chi connectivity index (χ4n) is 3.98. The number of hydrogen-bond donors (Lipinski definition) is 1. The number of nitrogens with one attached hydrogen (secondary N) is 1. The van der Waals surface area contributed by atoms with Crippen LogP contribution >= 0.6 is 23.1 Å². The second-order valence-electron chi connectivity index (χ2n) is 8.21. The highest BCUT2D eigenvalue weighted by molar-refractivity contribution is 7.99. The summed E-state index contributed by atoms with van der Waals surface area (Å²) in [5, 5.41) is 12.7. The summed E-state index contributed by atoms with van der Waals surface area (Å²) in [4.78, 5) is 26.6. The standard InChI is InChI=1S/C24H28N4O4S2/c1-5-32-23(30)20-17-11-6-14(2)12-18(17)34-22(20)25-19(29)13-33-24-27-26-21(28(24)3)15-7-9-16(31-4)10-8-15/h7-10,14H,5-6,11-13H2,1-4H3,(H,25,29). The maximum absolute atomic E-state index is 12.8. The van der Waals surface area contributed by atoms with Gasteiger partial charge in [-0.25, -0.2) is 4.79 Å². The first-order valence-corrected chi connectivity index (χ1v) is 13.0. The van der Waals surface area contributed by atoms with Crippen LogP contribution in [0.4, 0.5) is 5.00 Å². The van der Waals surface area contributed by atoms with Gasteiger partial charge in [-0.15, -0.1) is 21.5 Å². The van der Waals surface area contributed by atoms with E-state index in [0.717, 1.165) is 36.1 Å². The maximum atomic E-state index is 12.8. The van der Waals surface area contributed by atoms with Crippen molar-refractivity contribution in [2.45, 2.75) is 38.3 Å². The van der Waals surface area contributed by atoms with Crippen molar-refractivity contribution in [3.05, 3.63) is 40.3 Å². The molecule has 2 heterocycles. The average Bonchev–Trinajstić information content (AvgIpc) is 3.37. The van der Waals surface area contributed by atoms with Gasteiger partial charge in [0, 0.05) is 17.5 Å². The molecule has 1 amide bonds. The maximum Gasteiger partial charge on any atom is 0.341 e. The van der Waals surface area contributed by atoms with Crippen LogP contribution in [-0.4, -0.2) is 46.1 Å². The number of thioether (sulfide) groups is 1. The molecule has 0 radical (unpaired) electrons. The van der Waals surface area contributed by atoms with Crippen LogP contribution in [0.15, 0.2) is 29.4 Å². The van der Waals surface area contributed by atoms with E-state index in [1.165, 1.54) is 28.0 Å². The molecule has 0 saturated heterocycles. The Hall–Kier alpha value is -2.85. The third-order valence-corrected chi connectivity index (χ3v) is 7.95. The summed E-state index contributed by atoms with van der Waals surface area (Å²) in [6, 6.07) is 7.57. The number of thiophene rings is 1. The van der Waals surface area contributed by atoms with Crippen LogP contribution in [0.25, 0.3) is 11.4 Å². The number of fused-ring (bicyclic) bond motifs is 1. The molecular formula is C24H28N4O4S2. The van der Waals surface area contributed by atoms with E-state index >= 15 is 0 Å². The fourth-order valence-corrected chi connectivity index (χ4v) is 6.11. The Morgan fingerprint density at radius 2 is 2.03 bits per heavy atom. The van der Waals surface area contributed by atoms with Crippen molar-refractivity contribution in [3.8, 4) is 17.1 Å². The lowest BCUT2D eigenvalue weighted by Gasteiger charge is -2.18. The van der Waals surface area contributed by atoms with E-state index in [4.69, 9.17) is 9.47 Å². The van der Waals surface area contributed by atoms with Gasteiger partial charge < -0.3 is 19.4 Å². The number of anilines is 1. The van der Waals surface area contributed by atoms with Crippen molar-refractivity contribution in [2.24, 2.45) is 13.0 Å². The molecule has 1 aliphatic rings. The Balaban J connectivity index is 1.45. The van der Waals surface area contributed by atoms with Gasteiger partial charge >= 0.3 is 5.97 Å². The van der Waals surface area contributed by atoms with Crippen molar-refractivity contribution in [1.29, 1.82) is 0 Å². The highest BCUT2D eigenvalue weighted by Gasteiger charge is 2.29. The summed E-state index contributed by atoms with van der Waals surface area (Å²) in [7, 11) is 3.49. The predicted octanol–water partition coefficient (Wildman–Crippen LogP) is 4.58. The lowest BCUT2D eigenvalue weighted by molar-refractivity contribution is -0.113. The van der Waals surface area contributed by atoms with E-state index in [1.807, 2.05) is 35.9 Å². The molecule has 1 aliphatic carbocycles. The topological polar surface area (TPSA) is 95.3 Å². The minimum absolute atomic E-state index is 0.149. The van der Waals surface area contributed by atoms with Gasteiger partial charge in [-0.3, -0.25) is 4.79 Å². The van der Waals surface area contributed by atoms with Crippen LogP contribution in [0.5, 0.6) is 5.75 Å². The molecule has 0 spiro atoms. The Labute approximate surface area is 207 Å². The highest BCUT2D eigenvalue weighted by atomic mass is 32.2. The quantitative estimate of drug-likeness (QED) is 0.357. The zero-order valence-electron chi connectivity index (χ0n) is 19.7. The van der Waals surface area contributed by atoms with Crippen LogP contribution in [0.2, 0.25) is 0 Å². The van der Waals surface area contributed by atoms with Crippen molar-refractivity contribution >= 4 is 40.0 Å². The van der Waals surface area contributed by atoms with E-state index in [2.05, 4.69) is 22.4 Å².